The van der Waals surface area contributed by atoms with Gasteiger partial charge in [-0.3, -0.25) is 4.79 Å². The number of rotatable bonds is 8. The molecule has 24 heavy (non-hydrogen) atoms. The van der Waals surface area contributed by atoms with Crippen molar-refractivity contribution in [3.05, 3.63) is 34.9 Å². The molecule has 0 spiro atoms. The highest BCUT2D eigenvalue weighted by atomic mass is 32.2. The maximum atomic E-state index is 11.9. The van der Waals surface area contributed by atoms with Crippen LogP contribution < -0.4 is 5.32 Å². The van der Waals surface area contributed by atoms with Crippen molar-refractivity contribution < 1.29 is 4.79 Å². The first-order valence-corrected chi connectivity index (χ1v) is 10.4. The second kappa shape index (κ2) is 10.8. The fraction of sp³-hybridized carbons (Fsp3) is 0.650. The summed E-state index contributed by atoms with van der Waals surface area (Å²) < 4.78 is 0. The summed E-state index contributed by atoms with van der Waals surface area (Å²) in [4.78, 5) is 14.5. The van der Waals surface area contributed by atoms with E-state index in [1.807, 2.05) is 0 Å². The van der Waals surface area contributed by atoms with Gasteiger partial charge < -0.3 is 10.2 Å². The minimum Gasteiger partial charge on any atom is -0.355 e. The molecule has 1 saturated heterocycles. The fourth-order valence-electron chi connectivity index (χ4n) is 3.36. The lowest BCUT2D eigenvalue weighted by Gasteiger charge is -2.19. The molecule has 0 aromatic heterocycles. The van der Waals surface area contributed by atoms with E-state index in [4.69, 9.17) is 0 Å². The molecular formula is C20H32N2OS. The molecule has 4 heteroatoms. The van der Waals surface area contributed by atoms with Crippen molar-refractivity contribution in [3.63, 3.8) is 0 Å². The zero-order valence-electron chi connectivity index (χ0n) is 15.3. The van der Waals surface area contributed by atoms with Crippen molar-refractivity contribution in [2.24, 2.45) is 0 Å². The van der Waals surface area contributed by atoms with Crippen LogP contribution in [-0.4, -0.2) is 42.7 Å². The molecule has 1 aliphatic rings. The van der Waals surface area contributed by atoms with Crippen LogP contribution in [0, 0.1) is 13.8 Å². The zero-order valence-corrected chi connectivity index (χ0v) is 16.1. The quantitative estimate of drug-likeness (QED) is 0.723. The minimum absolute atomic E-state index is 0.167. The molecule has 3 nitrogen and oxygen atoms in total. The molecule has 1 amide bonds. The van der Waals surface area contributed by atoms with E-state index in [-0.39, 0.29) is 5.91 Å². The van der Waals surface area contributed by atoms with Crippen LogP contribution in [-0.2, 0) is 10.5 Å². The highest BCUT2D eigenvalue weighted by molar-refractivity contribution is 7.99. The lowest BCUT2D eigenvalue weighted by molar-refractivity contribution is -0.118. The maximum absolute atomic E-state index is 11.9. The van der Waals surface area contributed by atoms with Crippen LogP contribution in [0.3, 0.4) is 0 Å². The molecule has 0 atom stereocenters. The Bertz CT molecular complexity index is 490. The van der Waals surface area contributed by atoms with Crippen LogP contribution >= 0.6 is 11.8 Å². The predicted molar refractivity (Wildman–Crippen MR) is 105 cm³/mol. The van der Waals surface area contributed by atoms with Crippen molar-refractivity contribution >= 4 is 17.7 Å². The Balaban J connectivity index is 1.54. The maximum Gasteiger partial charge on any atom is 0.230 e. The largest absolute Gasteiger partial charge is 0.355 e. The van der Waals surface area contributed by atoms with Crippen LogP contribution in [0.25, 0.3) is 0 Å². The van der Waals surface area contributed by atoms with Gasteiger partial charge in [0.05, 0.1) is 5.75 Å². The number of nitrogens with zero attached hydrogens (tertiary/aromatic N) is 1. The molecule has 0 bridgehead atoms. The first-order valence-electron chi connectivity index (χ1n) is 9.27. The first kappa shape index (κ1) is 19.3. The third-order valence-corrected chi connectivity index (χ3v) is 5.46. The third kappa shape index (κ3) is 7.71. The smallest absolute Gasteiger partial charge is 0.230 e. The zero-order chi connectivity index (χ0) is 17.2. The van der Waals surface area contributed by atoms with Crippen LogP contribution in [0.5, 0.6) is 0 Å². The molecule has 2 rings (SSSR count). The molecule has 1 N–H and O–H groups in total. The first-order chi connectivity index (χ1) is 11.6. The normalized spacial score (nSPS) is 15.9. The number of likely N-dealkylation sites (tertiary alicyclic amines) is 1. The standard InChI is InChI=1S/C20H32N2OS/c1-17-12-18(2)14-19(13-17)15-24-16-20(23)21-8-7-11-22-9-5-3-4-6-10-22/h12-14H,3-11,15-16H2,1-2H3,(H,21,23). The van der Waals surface area contributed by atoms with E-state index in [1.54, 1.807) is 11.8 Å². The van der Waals surface area contributed by atoms with E-state index in [0.29, 0.717) is 5.75 Å². The van der Waals surface area contributed by atoms with Crippen molar-refractivity contribution in [1.82, 2.24) is 10.2 Å². The Labute approximate surface area is 151 Å². The number of nitrogens with one attached hydrogen (secondary N) is 1. The van der Waals surface area contributed by atoms with Gasteiger partial charge in [-0.05, 0) is 58.3 Å². The molecule has 0 saturated carbocycles. The van der Waals surface area contributed by atoms with E-state index in [2.05, 4.69) is 42.3 Å². The summed E-state index contributed by atoms with van der Waals surface area (Å²) in [6.07, 6.45) is 6.49. The van der Waals surface area contributed by atoms with Crippen LogP contribution in [0.15, 0.2) is 18.2 Å². The Kier molecular flexibility index (Phi) is 8.68. The van der Waals surface area contributed by atoms with Gasteiger partial charge >= 0.3 is 0 Å². The lowest BCUT2D eigenvalue weighted by Crippen LogP contribution is -2.31. The molecule has 1 aromatic carbocycles. The fourth-order valence-corrected chi connectivity index (χ4v) is 4.15. The van der Waals surface area contributed by atoms with Gasteiger partial charge in [-0.25, -0.2) is 0 Å². The highest BCUT2D eigenvalue weighted by Crippen LogP contribution is 2.15. The SMILES string of the molecule is Cc1cc(C)cc(CSCC(=O)NCCCN2CCCCCC2)c1. The summed E-state index contributed by atoms with van der Waals surface area (Å²) in [5.41, 5.74) is 3.90. The van der Waals surface area contributed by atoms with Crippen molar-refractivity contribution in [2.75, 3.05) is 31.9 Å². The van der Waals surface area contributed by atoms with Crippen molar-refractivity contribution in [2.45, 2.75) is 51.7 Å². The Morgan fingerprint density at radius 1 is 1.08 bits per heavy atom. The highest BCUT2D eigenvalue weighted by Gasteiger charge is 2.08. The average Bonchev–Trinajstić information content (AvgIpc) is 2.79. The molecule has 0 radical (unpaired) electrons. The van der Waals surface area contributed by atoms with Crippen LogP contribution in [0.4, 0.5) is 0 Å². The summed E-state index contributed by atoms with van der Waals surface area (Å²) in [5.74, 6) is 1.63. The van der Waals surface area contributed by atoms with Crippen molar-refractivity contribution in [3.8, 4) is 0 Å². The van der Waals surface area contributed by atoms with Gasteiger partial charge in [0, 0.05) is 12.3 Å². The van der Waals surface area contributed by atoms with Gasteiger partial charge in [-0.15, -0.1) is 11.8 Å². The third-order valence-electron chi connectivity index (χ3n) is 4.46. The minimum atomic E-state index is 0.167. The van der Waals surface area contributed by atoms with Gasteiger partial charge in [-0.2, -0.15) is 0 Å². The van der Waals surface area contributed by atoms with Gasteiger partial charge in [0.2, 0.25) is 5.91 Å². The number of hydrogen-bond acceptors (Lipinski definition) is 3. The molecule has 134 valence electrons. The number of benzene rings is 1. The number of thioether (sulfide) groups is 1. The van der Waals surface area contributed by atoms with E-state index in [1.165, 1.54) is 55.5 Å². The Morgan fingerprint density at radius 2 is 1.75 bits per heavy atom. The predicted octanol–water partition coefficient (Wildman–Crippen LogP) is 3.92. The lowest BCUT2D eigenvalue weighted by atomic mass is 10.1. The number of carbonyl (C=O) groups excluding carboxylic acids is 1. The summed E-state index contributed by atoms with van der Waals surface area (Å²) in [6.45, 7) is 8.64. The second-order valence-corrected chi connectivity index (χ2v) is 7.93. The van der Waals surface area contributed by atoms with E-state index in [9.17, 15) is 4.79 Å². The molecule has 0 unspecified atom stereocenters. The van der Waals surface area contributed by atoms with Crippen LogP contribution in [0.2, 0.25) is 0 Å². The van der Waals surface area contributed by atoms with Gasteiger partial charge in [0.1, 0.15) is 0 Å². The Hall–Kier alpha value is -1.00. The van der Waals surface area contributed by atoms with Crippen LogP contribution in [0.1, 0.15) is 48.8 Å². The number of carbonyl (C=O) groups is 1. The van der Waals surface area contributed by atoms with E-state index in [0.717, 1.165) is 25.3 Å². The molecule has 0 aliphatic carbocycles. The summed E-state index contributed by atoms with van der Waals surface area (Å²) >= 11 is 1.70. The summed E-state index contributed by atoms with van der Waals surface area (Å²) in [7, 11) is 0. The number of aryl methyl sites for hydroxylation is 2. The summed E-state index contributed by atoms with van der Waals surface area (Å²) in [5, 5.41) is 3.06. The molecule has 1 aliphatic heterocycles. The van der Waals surface area contributed by atoms with E-state index < -0.39 is 0 Å². The second-order valence-electron chi connectivity index (χ2n) is 6.95. The van der Waals surface area contributed by atoms with Gasteiger partial charge in [0.25, 0.3) is 0 Å². The average molecular weight is 349 g/mol. The number of hydrogen-bond donors (Lipinski definition) is 1. The molecule has 1 fully saturated rings. The monoisotopic (exact) mass is 348 g/mol. The summed E-state index contributed by atoms with van der Waals surface area (Å²) in [6, 6.07) is 6.60. The van der Waals surface area contributed by atoms with Gasteiger partial charge in [-0.1, -0.05) is 42.2 Å². The molecule has 1 aromatic rings. The van der Waals surface area contributed by atoms with Gasteiger partial charge in [0.15, 0.2) is 0 Å². The van der Waals surface area contributed by atoms with E-state index >= 15 is 0 Å². The molecule has 1 heterocycles. The number of amides is 1. The van der Waals surface area contributed by atoms with Crippen molar-refractivity contribution in [1.29, 1.82) is 0 Å². The Morgan fingerprint density at radius 3 is 2.42 bits per heavy atom. The molecular weight excluding hydrogens is 316 g/mol. The topological polar surface area (TPSA) is 32.3 Å².